The zero-order valence-electron chi connectivity index (χ0n) is 4.21. The Morgan fingerprint density at radius 3 is 1.75 bits per heavy atom. The first kappa shape index (κ1) is 11.6. The summed E-state index contributed by atoms with van der Waals surface area (Å²) in [5, 5.41) is 1.35. The second-order valence-electron chi connectivity index (χ2n) is 1.25. The van der Waals surface area contributed by atoms with Crippen LogP contribution in [0.2, 0.25) is 0 Å². The van der Waals surface area contributed by atoms with Gasteiger partial charge in [-0.15, -0.1) is 0 Å². The molecule has 46 valence electrons. The molecule has 0 spiro atoms. The van der Waals surface area contributed by atoms with Crippen LogP contribution in [0.15, 0.2) is 0 Å². The van der Waals surface area contributed by atoms with Crippen LogP contribution in [0.5, 0.6) is 0 Å². The van der Waals surface area contributed by atoms with Gasteiger partial charge in [0.25, 0.3) is 0 Å². The molecular weight excluding hydrogens is 139 g/mol. The van der Waals surface area contributed by atoms with Crippen molar-refractivity contribution >= 4 is 40.4 Å². The molecule has 0 radical (unpaired) electrons. The Labute approximate surface area is 72.6 Å². The van der Waals surface area contributed by atoms with E-state index in [1.54, 1.807) is 14.1 Å². The summed E-state index contributed by atoms with van der Waals surface area (Å²) in [5.41, 5.74) is 0. The Kier molecular flexibility index (Phi) is 8.73. The third kappa shape index (κ3) is 9.98. The number of hydrogen-bond acceptors (Lipinski definition) is 3. The number of hydrazine groups is 1. The summed E-state index contributed by atoms with van der Waals surface area (Å²) in [6.45, 7) is 0. The fourth-order valence-corrected chi connectivity index (χ4v) is 0.490. The quantitative estimate of drug-likeness (QED) is 0.269. The van der Waals surface area contributed by atoms with E-state index >= 15 is 0 Å². The summed E-state index contributed by atoms with van der Waals surface area (Å²) >= 11 is 0. The van der Waals surface area contributed by atoms with Gasteiger partial charge in [0, 0.05) is 14.1 Å². The number of nitrogens with one attached hydrogen (secondary N) is 1. The molecule has 0 unspecified atom stereocenters. The summed E-state index contributed by atoms with van der Waals surface area (Å²) in [7, 11) is 0.741. The zero-order valence-corrected chi connectivity index (χ0v) is 5.11. The normalized spacial score (nSPS) is 9.50. The first-order valence-electron chi connectivity index (χ1n) is 1.71. The van der Waals surface area contributed by atoms with Crippen LogP contribution in [-0.4, -0.2) is 57.1 Å². The minimum absolute atomic E-state index is 0. The maximum atomic E-state index is 9.69. The fraction of sp³-hybridized carbons (Fsp3) is 1.00. The SMILES string of the molecule is CN(C)N[SH](=O)=O.[NaH]. The summed E-state index contributed by atoms with van der Waals surface area (Å²) in [6, 6.07) is 0. The van der Waals surface area contributed by atoms with Gasteiger partial charge in [0.05, 0.1) is 0 Å². The van der Waals surface area contributed by atoms with E-state index in [2.05, 4.69) is 4.83 Å². The van der Waals surface area contributed by atoms with E-state index in [9.17, 15) is 8.42 Å². The third-order valence-corrected chi connectivity index (χ3v) is 0.845. The Hall–Kier alpha value is 0.870. The van der Waals surface area contributed by atoms with E-state index in [1.165, 1.54) is 5.01 Å². The summed E-state index contributed by atoms with van der Waals surface area (Å²) in [5.74, 6) is 0. The molecule has 4 nitrogen and oxygen atoms in total. The summed E-state index contributed by atoms with van der Waals surface area (Å²) < 4.78 is 19.4. The van der Waals surface area contributed by atoms with Gasteiger partial charge in [-0.2, -0.15) is 4.83 Å². The van der Waals surface area contributed by atoms with E-state index < -0.39 is 10.9 Å². The van der Waals surface area contributed by atoms with Crippen LogP contribution in [0.25, 0.3) is 0 Å². The molecular formula is C2H9N2NaO2S. The van der Waals surface area contributed by atoms with Crippen molar-refractivity contribution in [3.63, 3.8) is 0 Å². The molecule has 6 heteroatoms. The molecule has 0 aromatic rings. The molecule has 1 N–H and O–H groups in total. The van der Waals surface area contributed by atoms with Crippen molar-refractivity contribution in [3.05, 3.63) is 0 Å². The number of hydrogen-bond donors (Lipinski definition) is 2. The molecule has 0 atom stereocenters. The molecule has 0 aromatic heterocycles. The third-order valence-electron chi connectivity index (χ3n) is 0.282. The second-order valence-corrected chi connectivity index (χ2v) is 1.97. The predicted molar refractivity (Wildman–Crippen MR) is 34.3 cm³/mol. The average Bonchev–Trinajstić information content (AvgIpc) is 1.27. The van der Waals surface area contributed by atoms with Crippen molar-refractivity contribution in [2.75, 3.05) is 14.1 Å². The van der Waals surface area contributed by atoms with E-state index in [0.717, 1.165) is 0 Å². The van der Waals surface area contributed by atoms with Gasteiger partial charge in [-0.25, -0.2) is 13.4 Å². The Morgan fingerprint density at radius 1 is 1.38 bits per heavy atom. The van der Waals surface area contributed by atoms with Gasteiger partial charge in [-0.05, 0) is 0 Å². The molecule has 8 heavy (non-hydrogen) atoms. The second kappa shape index (κ2) is 6.00. The van der Waals surface area contributed by atoms with Crippen molar-refractivity contribution in [2.45, 2.75) is 0 Å². The minimum atomic E-state index is -2.46. The number of thiol groups is 1. The molecule has 0 rings (SSSR count). The first-order chi connectivity index (χ1) is 3.13. The van der Waals surface area contributed by atoms with Gasteiger partial charge in [0.15, 0.2) is 0 Å². The molecule has 0 saturated heterocycles. The first-order valence-corrected chi connectivity index (χ1v) is 2.88. The van der Waals surface area contributed by atoms with Gasteiger partial charge < -0.3 is 0 Å². The van der Waals surface area contributed by atoms with Crippen LogP contribution in [0, 0.1) is 0 Å². The molecule has 0 heterocycles. The van der Waals surface area contributed by atoms with Crippen molar-refractivity contribution in [2.24, 2.45) is 0 Å². The molecule has 0 aliphatic heterocycles. The molecule has 0 amide bonds. The van der Waals surface area contributed by atoms with Gasteiger partial charge in [0.1, 0.15) is 0 Å². The van der Waals surface area contributed by atoms with E-state index in [0.29, 0.717) is 0 Å². The van der Waals surface area contributed by atoms with Crippen LogP contribution < -0.4 is 4.83 Å². The van der Waals surface area contributed by atoms with Crippen molar-refractivity contribution in [1.29, 1.82) is 0 Å². The van der Waals surface area contributed by atoms with Crippen LogP contribution in [0.1, 0.15) is 0 Å². The fourth-order valence-electron chi connectivity index (χ4n) is 0.163. The molecule has 0 saturated carbocycles. The van der Waals surface area contributed by atoms with Gasteiger partial charge in [-0.1, -0.05) is 0 Å². The summed E-state index contributed by atoms with van der Waals surface area (Å²) in [4.78, 5) is 2.09. The van der Waals surface area contributed by atoms with Crippen LogP contribution in [0.4, 0.5) is 0 Å². The Balaban J connectivity index is 0. The van der Waals surface area contributed by atoms with Crippen LogP contribution in [0.3, 0.4) is 0 Å². The van der Waals surface area contributed by atoms with Crippen LogP contribution in [-0.2, 0) is 10.9 Å². The predicted octanol–water partition coefficient (Wildman–Crippen LogP) is -2.07. The Morgan fingerprint density at radius 2 is 1.75 bits per heavy atom. The maximum absolute atomic E-state index is 9.69. The molecule has 0 bridgehead atoms. The molecule has 0 fully saturated rings. The topological polar surface area (TPSA) is 49.4 Å². The number of nitrogens with zero attached hydrogens (tertiary/aromatic N) is 1. The standard InChI is InChI=1S/C2H8N2O2S.Na.H/c1-4(2)3-7(5)6;;/h7H,1-2H3,(H,3,5,6);;. The molecule has 0 aromatic carbocycles. The van der Waals surface area contributed by atoms with Crippen molar-refractivity contribution in [3.8, 4) is 0 Å². The van der Waals surface area contributed by atoms with Gasteiger partial charge in [0.2, 0.25) is 10.9 Å². The number of rotatable bonds is 2. The van der Waals surface area contributed by atoms with E-state index in [1.807, 2.05) is 0 Å². The zero-order chi connectivity index (χ0) is 5.86. The van der Waals surface area contributed by atoms with Crippen LogP contribution >= 0.6 is 0 Å². The van der Waals surface area contributed by atoms with E-state index in [-0.39, 0.29) is 29.6 Å². The van der Waals surface area contributed by atoms with E-state index in [4.69, 9.17) is 0 Å². The average molecular weight is 148 g/mol. The molecule has 0 aliphatic rings. The van der Waals surface area contributed by atoms with Crippen molar-refractivity contribution < 1.29 is 8.42 Å². The monoisotopic (exact) mass is 148 g/mol. The summed E-state index contributed by atoms with van der Waals surface area (Å²) in [6.07, 6.45) is 0. The van der Waals surface area contributed by atoms with Crippen molar-refractivity contribution in [1.82, 2.24) is 9.84 Å². The Bertz CT molecular complexity index is 105. The van der Waals surface area contributed by atoms with Gasteiger partial charge in [-0.3, -0.25) is 0 Å². The van der Waals surface area contributed by atoms with Gasteiger partial charge >= 0.3 is 29.6 Å². The molecule has 0 aliphatic carbocycles.